The van der Waals surface area contributed by atoms with Gasteiger partial charge in [-0.05, 0) is 56.5 Å². The lowest BCUT2D eigenvalue weighted by Crippen LogP contribution is -2.42. The van der Waals surface area contributed by atoms with Gasteiger partial charge in [-0.1, -0.05) is 12.1 Å². The van der Waals surface area contributed by atoms with Crippen LogP contribution in [0.1, 0.15) is 36.8 Å². The van der Waals surface area contributed by atoms with Crippen LogP contribution in [-0.2, 0) is 16.0 Å². The average Bonchev–Trinajstić information content (AvgIpc) is 3.30. The summed E-state index contributed by atoms with van der Waals surface area (Å²) in [6.07, 6.45) is 4.87. The number of carbonyl (C=O) groups excluding carboxylic acids is 1. The number of methoxy groups -OCH3 is 1. The smallest absolute Gasteiger partial charge is 0.223 e. The molecular weight excluding hydrogens is 314 g/mol. The van der Waals surface area contributed by atoms with Gasteiger partial charge in [0, 0.05) is 32.7 Å². The number of ether oxygens (including phenoxy) is 1. The lowest BCUT2D eigenvalue weighted by Gasteiger charge is -2.28. The Hall–Kier alpha value is -1.90. The standard InChI is InChI=1S/C20H27N3O2/c1-25-19-12-18(14-22-10-2-3-11-22)23(15-19)20(24)9-8-16-4-6-17(13-21)7-5-16/h4-7,18-19H,2-3,8-12,14-15H2,1H3/t18-,19-/m0/s1. The predicted molar refractivity (Wildman–Crippen MR) is 96.1 cm³/mol. The summed E-state index contributed by atoms with van der Waals surface area (Å²) in [6, 6.07) is 9.90. The molecule has 3 rings (SSSR count). The fraction of sp³-hybridized carbons (Fsp3) is 0.600. The van der Waals surface area contributed by atoms with Crippen LogP contribution < -0.4 is 0 Å². The Balaban J connectivity index is 1.56. The molecule has 5 nitrogen and oxygen atoms in total. The van der Waals surface area contributed by atoms with E-state index in [2.05, 4.69) is 11.0 Å². The molecule has 0 unspecified atom stereocenters. The maximum atomic E-state index is 12.8. The van der Waals surface area contributed by atoms with Gasteiger partial charge >= 0.3 is 0 Å². The topological polar surface area (TPSA) is 56.6 Å². The average molecular weight is 341 g/mol. The van der Waals surface area contributed by atoms with Gasteiger partial charge in [-0.2, -0.15) is 5.26 Å². The molecule has 0 N–H and O–H groups in total. The molecule has 2 aliphatic heterocycles. The number of nitrogens with zero attached hydrogens (tertiary/aromatic N) is 3. The van der Waals surface area contributed by atoms with Gasteiger partial charge in [-0.3, -0.25) is 4.79 Å². The Morgan fingerprint density at radius 2 is 2.00 bits per heavy atom. The minimum atomic E-state index is 0.159. The predicted octanol–water partition coefficient (Wildman–Crippen LogP) is 2.20. The molecule has 0 aromatic heterocycles. The van der Waals surface area contributed by atoms with Crippen molar-refractivity contribution in [1.29, 1.82) is 5.26 Å². The second kappa shape index (κ2) is 8.46. The second-order valence-electron chi connectivity index (χ2n) is 7.11. The minimum Gasteiger partial charge on any atom is -0.380 e. The summed E-state index contributed by atoms with van der Waals surface area (Å²) in [7, 11) is 1.74. The maximum absolute atomic E-state index is 12.8. The van der Waals surface area contributed by atoms with E-state index in [-0.39, 0.29) is 18.1 Å². The molecule has 2 saturated heterocycles. The quantitative estimate of drug-likeness (QED) is 0.796. The van der Waals surface area contributed by atoms with Crippen molar-refractivity contribution < 1.29 is 9.53 Å². The van der Waals surface area contributed by atoms with Gasteiger partial charge in [-0.25, -0.2) is 0 Å². The van der Waals surface area contributed by atoms with Crippen molar-refractivity contribution in [1.82, 2.24) is 9.80 Å². The molecule has 2 aliphatic rings. The lowest BCUT2D eigenvalue weighted by molar-refractivity contribution is -0.132. The summed E-state index contributed by atoms with van der Waals surface area (Å²) in [6.45, 7) is 3.99. The lowest BCUT2D eigenvalue weighted by atomic mass is 10.1. The van der Waals surface area contributed by atoms with Crippen LogP contribution in [0.3, 0.4) is 0 Å². The van der Waals surface area contributed by atoms with Crippen LogP contribution in [-0.4, -0.2) is 61.1 Å². The summed E-state index contributed by atoms with van der Waals surface area (Å²) in [4.78, 5) is 17.3. The highest BCUT2D eigenvalue weighted by molar-refractivity contribution is 5.77. The van der Waals surface area contributed by atoms with Gasteiger partial charge in [0.15, 0.2) is 0 Å². The van der Waals surface area contributed by atoms with Crippen molar-refractivity contribution in [2.75, 3.05) is 33.3 Å². The SMILES string of the molecule is CO[C@H]1C[C@@H](CN2CCCC2)N(C(=O)CCc2ccc(C#N)cc2)C1. The molecule has 0 aliphatic carbocycles. The Morgan fingerprint density at radius 1 is 1.28 bits per heavy atom. The molecule has 0 radical (unpaired) electrons. The molecule has 2 fully saturated rings. The van der Waals surface area contributed by atoms with Crippen LogP contribution in [0.2, 0.25) is 0 Å². The van der Waals surface area contributed by atoms with Crippen molar-refractivity contribution in [2.24, 2.45) is 0 Å². The van der Waals surface area contributed by atoms with Gasteiger partial charge in [0.25, 0.3) is 0 Å². The van der Waals surface area contributed by atoms with E-state index in [9.17, 15) is 4.79 Å². The Bertz CT molecular complexity index is 617. The summed E-state index contributed by atoms with van der Waals surface area (Å²) in [5, 5.41) is 8.86. The van der Waals surface area contributed by atoms with Gasteiger partial charge in [-0.15, -0.1) is 0 Å². The summed E-state index contributed by atoms with van der Waals surface area (Å²) < 4.78 is 5.53. The first kappa shape index (κ1) is 17.9. The first-order chi connectivity index (χ1) is 12.2. The van der Waals surface area contributed by atoms with Gasteiger partial charge in [0.1, 0.15) is 0 Å². The molecule has 0 spiro atoms. The number of likely N-dealkylation sites (tertiary alicyclic amines) is 2. The van der Waals surface area contributed by atoms with Crippen LogP contribution >= 0.6 is 0 Å². The van der Waals surface area contributed by atoms with Crippen LogP contribution in [0.4, 0.5) is 0 Å². The van der Waals surface area contributed by atoms with Gasteiger partial charge in [0.2, 0.25) is 5.91 Å². The van der Waals surface area contributed by atoms with E-state index in [4.69, 9.17) is 10.00 Å². The molecule has 5 heteroatoms. The molecule has 2 heterocycles. The molecular formula is C20H27N3O2. The van der Waals surface area contributed by atoms with Crippen LogP contribution in [0.15, 0.2) is 24.3 Å². The normalized spacial score (nSPS) is 23.8. The van der Waals surface area contributed by atoms with Crippen LogP contribution in [0.25, 0.3) is 0 Å². The Morgan fingerprint density at radius 3 is 2.64 bits per heavy atom. The zero-order valence-electron chi connectivity index (χ0n) is 15.0. The fourth-order valence-corrected chi connectivity index (χ4v) is 3.93. The molecule has 25 heavy (non-hydrogen) atoms. The Kier molecular flexibility index (Phi) is 6.06. The van der Waals surface area contributed by atoms with Crippen molar-refractivity contribution in [3.05, 3.63) is 35.4 Å². The molecule has 1 aromatic rings. The monoisotopic (exact) mass is 341 g/mol. The minimum absolute atomic E-state index is 0.159. The summed E-state index contributed by atoms with van der Waals surface area (Å²) in [5.41, 5.74) is 1.76. The first-order valence-electron chi connectivity index (χ1n) is 9.23. The third-order valence-corrected chi connectivity index (χ3v) is 5.41. The van der Waals surface area contributed by atoms with E-state index >= 15 is 0 Å². The number of hydrogen-bond acceptors (Lipinski definition) is 4. The highest BCUT2D eigenvalue weighted by Gasteiger charge is 2.36. The van der Waals surface area contributed by atoms with Gasteiger partial charge < -0.3 is 14.5 Å². The molecule has 1 amide bonds. The van der Waals surface area contributed by atoms with E-state index < -0.39 is 0 Å². The fourth-order valence-electron chi connectivity index (χ4n) is 3.93. The third-order valence-electron chi connectivity index (χ3n) is 5.41. The first-order valence-corrected chi connectivity index (χ1v) is 9.23. The summed E-state index contributed by atoms with van der Waals surface area (Å²) in [5.74, 6) is 0.216. The van der Waals surface area contributed by atoms with Crippen LogP contribution in [0, 0.1) is 11.3 Å². The van der Waals surface area contributed by atoms with E-state index in [0.29, 0.717) is 18.5 Å². The third kappa shape index (κ3) is 4.59. The van der Waals surface area contributed by atoms with Crippen molar-refractivity contribution in [2.45, 2.75) is 44.2 Å². The number of aryl methyl sites for hydroxylation is 1. The zero-order chi connectivity index (χ0) is 17.6. The van der Waals surface area contributed by atoms with E-state index in [1.54, 1.807) is 7.11 Å². The van der Waals surface area contributed by atoms with Crippen LogP contribution in [0.5, 0.6) is 0 Å². The Labute approximate surface area is 150 Å². The number of amides is 1. The number of hydrogen-bond donors (Lipinski definition) is 0. The highest BCUT2D eigenvalue weighted by Crippen LogP contribution is 2.23. The molecule has 2 atom stereocenters. The maximum Gasteiger partial charge on any atom is 0.223 e. The summed E-state index contributed by atoms with van der Waals surface area (Å²) >= 11 is 0. The van der Waals surface area contributed by atoms with Crippen molar-refractivity contribution in [3.8, 4) is 6.07 Å². The molecule has 134 valence electrons. The number of carbonyl (C=O) groups is 1. The molecule has 0 saturated carbocycles. The molecule has 0 bridgehead atoms. The van der Waals surface area contributed by atoms with E-state index in [1.807, 2.05) is 29.2 Å². The van der Waals surface area contributed by atoms with Crippen molar-refractivity contribution >= 4 is 5.91 Å². The largest absolute Gasteiger partial charge is 0.380 e. The molecule has 1 aromatic carbocycles. The number of nitriles is 1. The number of benzene rings is 1. The second-order valence-corrected chi connectivity index (χ2v) is 7.11. The van der Waals surface area contributed by atoms with Crippen molar-refractivity contribution in [3.63, 3.8) is 0 Å². The van der Waals surface area contributed by atoms with Gasteiger partial charge in [0.05, 0.1) is 17.7 Å². The van der Waals surface area contributed by atoms with E-state index in [0.717, 1.165) is 38.0 Å². The zero-order valence-corrected chi connectivity index (χ0v) is 15.0. The highest BCUT2D eigenvalue weighted by atomic mass is 16.5. The number of rotatable bonds is 6. The van der Waals surface area contributed by atoms with E-state index in [1.165, 1.54) is 12.8 Å².